The number of nitrogens with one attached hydrogen (secondary N) is 1. The van der Waals surface area contributed by atoms with E-state index in [1.807, 2.05) is 12.1 Å². The van der Waals surface area contributed by atoms with Crippen molar-refractivity contribution in [1.29, 1.82) is 0 Å². The van der Waals surface area contributed by atoms with Crippen molar-refractivity contribution in [2.24, 2.45) is 5.92 Å². The highest BCUT2D eigenvalue weighted by molar-refractivity contribution is 7.91. The van der Waals surface area contributed by atoms with E-state index in [4.69, 9.17) is 21.1 Å². The van der Waals surface area contributed by atoms with Gasteiger partial charge in [-0.15, -0.1) is 0 Å². The van der Waals surface area contributed by atoms with Crippen molar-refractivity contribution < 1.29 is 17.9 Å². The van der Waals surface area contributed by atoms with Gasteiger partial charge in [0.15, 0.2) is 0 Å². The summed E-state index contributed by atoms with van der Waals surface area (Å²) < 4.78 is 38.1. The van der Waals surface area contributed by atoms with E-state index in [0.717, 1.165) is 36.2 Å². The maximum absolute atomic E-state index is 13.4. The van der Waals surface area contributed by atoms with Crippen LogP contribution < -0.4 is 14.8 Å². The van der Waals surface area contributed by atoms with Crippen LogP contribution in [0, 0.1) is 5.92 Å². The molecule has 168 valence electrons. The SMILES string of the molecule is COc1cc2c(cc1S(=O)(=O)c1ccc(OCc3ccc(Cl)cc3)cc1)CCC(C)CN2. The normalized spacial score (nSPS) is 15.9. The molecule has 0 amide bonds. The maximum atomic E-state index is 13.4. The van der Waals surface area contributed by atoms with E-state index in [0.29, 0.717) is 29.0 Å². The molecule has 7 heteroatoms. The van der Waals surface area contributed by atoms with Gasteiger partial charge in [-0.3, -0.25) is 0 Å². The Morgan fingerprint density at radius 1 is 1.06 bits per heavy atom. The van der Waals surface area contributed by atoms with Gasteiger partial charge < -0.3 is 14.8 Å². The largest absolute Gasteiger partial charge is 0.495 e. The first-order valence-corrected chi connectivity index (χ1v) is 12.4. The smallest absolute Gasteiger partial charge is 0.210 e. The molecule has 0 fully saturated rings. The van der Waals surface area contributed by atoms with E-state index in [-0.39, 0.29) is 9.79 Å². The second-order valence-corrected chi connectivity index (χ2v) is 10.4. The maximum Gasteiger partial charge on any atom is 0.210 e. The van der Waals surface area contributed by atoms with E-state index in [9.17, 15) is 8.42 Å². The highest BCUT2D eigenvalue weighted by Crippen LogP contribution is 2.36. The van der Waals surface area contributed by atoms with E-state index < -0.39 is 9.84 Å². The third-order valence-electron chi connectivity index (χ3n) is 5.68. The predicted molar refractivity (Wildman–Crippen MR) is 127 cm³/mol. The molecule has 1 aliphatic heterocycles. The number of anilines is 1. The van der Waals surface area contributed by atoms with Crippen molar-refractivity contribution in [2.75, 3.05) is 19.0 Å². The molecule has 5 nitrogen and oxygen atoms in total. The number of hydrogen-bond acceptors (Lipinski definition) is 5. The minimum Gasteiger partial charge on any atom is -0.495 e. The molecule has 0 aromatic heterocycles. The lowest BCUT2D eigenvalue weighted by Crippen LogP contribution is -2.09. The number of rotatable bonds is 6. The van der Waals surface area contributed by atoms with Crippen LogP contribution in [0.3, 0.4) is 0 Å². The van der Waals surface area contributed by atoms with Gasteiger partial charge in [-0.2, -0.15) is 0 Å². The van der Waals surface area contributed by atoms with Crippen LogP contribution in [0.25, 0.3) is 0 Å². The molecule has 3 aromatic rings. The second kappa shape index (κ2) is 9.43. The molecule has 0 bridgehead atoms. The van der Waals surface area contributed by atoms with Gasteiger partial charge in [0.1, 0.15) is 23.0 Å². The van der Waals surface area contributed by atoms with Crippen molar-refractivity contribution in [1.82, 2.24) is 0 Å². The van der Waals surface area contributed by atoms with E-state index >= 15 is 0 Å². The Labute approximate surface area is 194 Å². The van der Waals surface area contributed by atoms with Gasteiger partial charge in [0.05, 0.1) is 12.0 Å². The molecule has 1 N–H and O–H groups in total. The van der Waals surface area contributed by atoms with Crippen molar-refractivity contribution in [2.45, 2.75) is 36.2 Å². The van der Waals surface area contributed by atoms with Gasteiger partial charge >= 0.3 is 0 Å². The molecule has 4 rings (SSSR count). The van der Waals surface area contributed by atoms with Gasteiger partial charge in [-0.25, -0.2) is 8.42 Å². The first-order valence-electron chi connectivity index (χ1n) is 10.5. The zero-order valence-corrected chi connectivity index (χ0v) is 19.7. The minimum atomic E-state index is -3.75. The quantitative estimate of drug-likeness (QED) is 0.495. The number of halogens is 1. The average molecular weight is 472 g/mol. The van der Waals surface area contributed by atoms with Gasteiger partial charge in [0.2, 0.25) is 9.84 Å². The third kappa shape index (κ3) is 4.87. The van der Waals surface area contributed by atoms with Gasteiger partial charge in [-0.1, -0.05) is 30.7 Å². The summed E-state index contributed by atoms with van der Waals surface area (Å²) in [4.78, 5) is 0.384. The van der Waals surface area contributed by atoms with Crippen LogP contribution in [0.1, 0.15) is 24.5 Å². The molecule has 0 saturated carbocycles. The van der Waals surface area contributed by atoms with Crippen LogP contribution in [0.4, 0.5) is 5.69 Å². The van der Waals surface area contributed by atoms with Gasteiger partial charge in [0, 0.05) is 23.3 Å². The highest BCUT2D eigenvalue weighted by atomic mass is 35.5. The summed E-state index contributed by atoms with van der Waals surface area (Å²) in [6, 6.07) is 17.4. The number of methoxy groups -OCH3 is 1. The summed E-state index contributed by atoms with van der Waals surface area (Å²) in [7, 11) is -2.26. The van der Waals surface area contributed by atoms with Crippen molar-refractivity contribution >= 4 is 27.1 Å². The topological polar surface area (TPSA) is 64.6 Å². The summed E-state index contributed by atoms with van der Waals surface area (Å²) in [5.74, 6) is 1.45. The average Bonchev–Trinajstić information content (AvgIpc) is 2.99. The Morgan fingerprint density at radius 3 is 2.47 bits per heavy atom. The monoisotopic (exact) mass is 471 g/mol. The third-order valence-corrected chi connectivity index (χ3v) is 7.72. The van der Waals surface area contributed by atoms with Crippen molar-refractivity contribution in [3.63, 3.8) is 0 Å². The molecule has 32 heavy (non-hydrogen) atoms. The molecule has 1 atom stereocenters. The molecule has 0 radical (unpaired) electrons. The zero-order valence-electron chi connectivity index (χ0n) is 18.1. The van der Waals surface area contributed by atoms with Crippen LogP contribution in [0.2, 0.25) is 5.02 Å². The van der Waals surface area contributed by atoms with E-state index in [1.165, 1.54) is 7.11 Å². The first-order chi connectivity index (χ1) is 15.4. The fourth-order valence-corrected chi connectivity index (χ4v) is 5.30. The van der Waals surface area contributed by atoms with Gasteiger partial charge in [0.25, 0.3) is 0 Å². The molecular weight excluding hydrogens is 446 g/mol. The van der Waals surface area contributed by atoms with Gasteiger partial charge in [-0.05, 0) is 72.4 Å². The Kier molecular flexibility index (Phi) is 6.63. The molecule has 1 unspecified atom stereocenters. The van der Waals surface area contributed by atoms with E-state index in [1.54, 1.807) is 48.5 Å². The lowest BCUT2D eigenvalue weighted by Gasteiger charge is -2.15. The molecule has 0 saturated heterocycles. The Balaban J connectivity index is 1.57. The summed E-state index contributed by atoms with van der Waals surface area (Å²) in [5, 5.41) is 4.08. The lowest BCUT2D eigenvalue weighted by atomic mass is 10.0. The molecule has 1 heterocycles. The van der Waals surface area contributed by atoms with Crippen molar-refractivity contribution in [3.8, 4) is 11.5 Å². The fourth-order valence-electron chi connectivity index (χ4n) is 3.72. The molecular formula is C25H26ClNO4S. The number of sulfone groups is 1. The van der Waals surface area contributed by atoms with Crippen LogP contribution in [0.5, 0.6) is 11.5 Å². The zero-order chi connectivity index (χ0) is 22.7. The number of ether oxygens (including phenoxy) is 2. The standard InChI is InChI=1S/C25H26ClNO4S/c1-17-3-6-19-13-25(24(30-2)14-23(19)27-15-17)32(28,29)22-11-9-21(10-12-22)31-16-18-4-7-20(26)8-5-18/h4-5,7-14,17,27H,3,6,15-16H2,1-2H3. The number of benzene rings is 3. The Bertz CT molecular complexity index is 1190. The van der Waals surface area contributed by atoms with Crippen LogP contribution in [-0.4, -0.2) is 22.1 Å². The first kappa shape index (κ1) is 22.5. The molecule has 0 spiro atoms. The molecule has 3 aromatic carbocycles. The Hall–Kier alpha value is -2.70. The number of fused-ring (bicyclic) bond motifs is 1. The summed E-state index contributed by atoms with van der Waals surface area (Å²) in [6.45, 7) is 3.41. The van der Waals surface area contributed by atoms with Crippen LogP contribution in [0.15, 0.2) is 70.5 Å². The summed E-state index contributed by atoms with van der Waals surface area (Å²) in [6.07, 6.45) is 1.83. The van der Waals surface area contributed by atoms with Crippen LogP contribution >= 0.6 is 11.6 Å². The lowest BCUT2D eigenvalue weighted by molar-refractivity contribution is 0.306. The number of aryl methyl sites for hydroxylation is 1. The fraction of sp³-hybridized carbons (Fsp3) is 0.280. The highest BCUT2D eigenvalue weighted by Gasteiger charge is 2.25. The number of hydrogen-bond donors (Lipinski definition) is 1. The minimum absolute atomic E-state index is 0.185. The summed E-state index contributed by atoms with van der Waals surface area (Å²) >= 11 is 5.90. The van der Waals surface area contributed by atoms with E-state index in [2.05, 4.69) is 12.2 Å². The Morgan fingerprint density at radius 2 is 1.78 bits per heavy atom. The molecule has 0 aliphatic carbocycles. The van der Waals surface area contributed by atoms with Crippen LogP contribution in [-0.2, 0) is 22.9 Å². The van der Waals surface area contributed by atoms with Crippen molar-refractivity contribution in [3.05, 3.63) is 76.8 Å². The molecule has 1 aliphatic rings. The summed E-state index contributed by atoms with van der Waals surface area (Å²) in [5.41, 5.74) is 2.91. The second-order valence-electron chi connectivity index (χ2n) is 8.07. The predicted octanol–water partition coefficient (Wildman–Crippen LogP) is 5.75.